The molecule has 0 radical (unpaired) electrons. The Kier molecular flexibility index (Phi) is 7.64. The van der Waals surface area contributed by atoms with E-state index in [0.29, 0.717) is 42.8 Å². The number of hydrogen-bond donors (Lipinski definition) is 2. The molecule has 2 amide bonds. The van der Waals surface area contributed by atoms with Gasteiger partial charge in [-0.2, -0.15) is 0 Å². The van der Waals surface area contributed by atoms with Crippen LogP contribution in [0, 0.1) is 0 Å². The molecule has 1 aromatic carbocycles. The van der Waals surface area contributed by atoms with Crippen LogP contribution in [0.5, 0.6) is 11.5 Å². The Labute approximate surface area is 180 Å². The van der Waals surface area contributed by atoms with Crippen molar-refractivity contribution in [2.45, 2.75) is 33.2 Å². The fourth-order valence-electron chi connectivity index (χ4n) is 3.18. The van der Waals surface area contributed by atoms with E-state index in [1.54, 1.807) is 0 Å². The monoisotopic (exact) mass is 432 g/mol. The zero-order valence-electron chi connectivity index (χ0n) is 17.6. The lowest BCUT2D eigenvalue weighted by atomic mass is 10.1. The predicted molar refractivity (Wildman–Crippen MR) is 116 cm³/mol. The van der Waals surface area contributed by atoms with Gasteiger partial charge in [0.2, 0.25) is 0 Å². The summed E-state index contributed by atoms with van der Waals surface area (Å²) in [6.07, 6.45) is 1.43. The largest absolute Gasteiger partial charge is 0.490 e. The summed E-state index contributed by atoms with van der Waals surface area (Å²) in [7, 11) is 2.05. The third-order valence-corrected chi connectivity index (χ3v) is 5.65. The van der Waals surface area contributed by atoms with Gasteiger partial charge in [0.25, 0.3) is 0 Å². The number of nitrogens with one attached hydrogen (secondary N) is 2. The summed E-state index contributed by atoms with van der Waals surface area (Å²) in [5.41, 5.74) is 1.99. The minimum atomic E-state index is -0.698. The first kappa shape index (κ1) is 22.0. The van der Waals surface area contributed by atoms with Crippen molar-refractivity contribution in [1.29, 1.82) is 0 Å². The summed E-state index contributed by atoms with van der Waals surface area (Å²) >= 11 is 1.43. The molecule has 0 bridgehead atoms. The number of anilines is 1. The first-order chi connectivity index (χ1) is 14.5. The maximum Gasteiger partial charge on any atom is 0.315 e. The molecule has 0 saturated heterocycles. The minimum absolute atomic E-state index is 0.338. The molecule has 1 aromatic heterocycles. The molecule has 0 aliphatic carbocycles. The molecule has 1 aliphatic heterocycles. The smallest absolute Gasteiger partial charge is 0.315 e. The van der Waals surface area contributed by atoms with Gasteiger partial charge in [-0.15, -0.1) is 11.3 Å². The van der Waals surface area contributed by atoms with Crippen LogP contribution in [0.2, 0.25) is 0 Å². The van der Waals surface area contributed by atoms with Crippen molar-refractivity contribution in [3.8, 4) is 11.5 Å². The number of benzene rings is 1. The van der Waals surface area contributed by atoms with E-state index >= 15 is 0 Å². The molecule has 2 heterocycles. The Morgan fingerprint density at radius 1 is 1.17 bits per heavy atom. The summed E-state index contributed by atoms with van der Waals surface area (Å²) in [5.74, 6) is 0.00978. The van der Waals surface area contributed by atoms with Crippen molar-refractivity contribution in [2.24, 2.45) is 0 Å². The van der Waals surface area contributed by atoms with E-state index in [4.69, 9.17) is 9.47 Å². The van der Waals surface area contributed by atoms with Gasteiger partial charge in [0.1, 0.15) is 0 Å². The van der Waals surface area contributed by atoms with Crippen LogP contribution in [0.15, 0.2) is 18.2 Å². The van der Waals surface area contributed by atoms with Crippen molar-refractivity contribution in [3.05, 3.63) is 34.3 Å². The molecule has 0 atom stereocenters. The standard InChI is InChI=1S/C21H28N4O4S/c1-4-28-16-7-6-14(12-17(16)29-5-2)8-10-22-19(26)20(27)24-21-23-15-9-11-25(3)13-18(15)30-21/h6-7,12H,4-5,8-11,13H2,1-3H3,(H,22,26)(H,23,24,27). The maximum absolute atomic E-state index is 12.2. The van der Waals surface area contributed by atoms with Crippen molar-refractivity contribution in [1.82, 2.24) is 15.2 Å². The lowest BCUT2D eigenvalue weighted by Crippen LogP contribution is -2.36. The quantitative estimate of drug-likeness (QED) is 0.622. The Bertz CT molecular complexity index is 899. The average molecular weight is 433 g/mol. The zero-order chi connectivity index (χ0) is 21.5. The van der Waals surface area contributed by atoms with Crippen LogP contribution >= 0.6 is 11.3 Å². The van der Waals surface area contributed by atoms with Gasteiger partial charge < -0.3 is 19.7 Å². The highest BCUT2D eigenvalue weighted by molar-refractivity contribution is 7.16. The molecule has 1 aliphatic rings. The van der Waals surface area contributed by atoms with Gasteiger partial charge in [-0.25, -0.2) is 4.98 Å². The van der Waals surface area contributed by atoms with Crippen LogP contribution in [-0.4, -0.2) is 55.0 Å². The second-order valence-electron chi connectivity index (χ2n) is 6.98. The molecule has 8 nitrogen and oxygen atoms in total. The Morgan fingerprint density at radius 2 is 1.93 bits per heavy atom. The molecule has 2 aromatic rings. The highest BCUT2D eigenvalue weighted by Crippen LogP contribution is 2.29. The molecule has 0 spiro atoms. The SMILES string of the molecule is CCOc1ccc(CCNC(=O)C(=O)Nc2nc3c(s2)CN(C)CC3)cc1OCC. The van der Waals surface area contributed by atoms with E-state index < -0.39 is 11.8 Å². The third-order valence-electron chi connectivity index (χ3n) is 4.66. The van der Waals surface area contributed by atoms with Gasteiger partial charge in [-0.05, 0) is 45.0 Å². The van der Waals surface area contributed by atoms with Gasteiger partial charge >= 0.3 is 11.8 Å². The number of likely N-dealkylation sites (N-methyl/N-ethyl adjacent to an activating group) is 1. The third kappa shape index (κ3) is 5.70. The van der Waals surface area contributed by atoms with E-state index in [2.05, 4.69) is 27.6 Å². The summed E-state index contributed by atoms with van der Waals surface area (Å²) in [6.45, 7) is 7.04. The Hall–Kier alpha value is -2.65. The molecule has 9 heteroatoms. The first-order valence-electron chi connectivity index (χ1n) is 10.1. The number of rotatable bonds is 8. The van der Waals surface area contributed by atoms with E-state index in [1.165, 1.54) is 11.3 Å². The highest BCUT2D eigenvalue weighted by atomic mass is 32.1. The number of fused-ring (bicyclic) bond motifs is 1. The normalized spacial score (nSPS) is 13.4. The molecule has 162 valence electrons. The fraction of sp³-hybridized carbons (Fsp3) is 0.476. The topological polar surface area (TPSA) is 92.8 Å². The van der Waals surface area contributed by atoms with Crippen LogP contribution in [0.3, 0.4) is 0 Å². The average Bonchev–Trinajstić information content (AvgIpc) is 3.11. The second-order valence-corrected chi connectivity index (χ2v) is 8.07. The summed E-state index contributed by atoms with van der Waals surface area (Å²) in [6, 6.07) is 5.69. The number of carbonyl (C=O) groups excluding carboxylic acids is 2. The summed E-state index contributed by atoms with van der Waals surface area (Å²) in [5, 5.41) is 5.74. The van der Waals surface area contributed by atoms with Crippen LogP contribution in [0.1, 0.15) is 30.0 Å². The molecule has 0 saturated carbocycles. The van der Waals surface area contributed by atoms with Gasteiger partial charge in [0, 0.05) is 30.9 Å². The predicted octanol–water partition coefficient (Wildman–Crippen LogP) is 2.23. The van der Waals surface area contributed by atoms with Crippen LogP contribution in [-0.2, 0) is 29.0 Å². The number of aromatic nitrogens is 1. The Balaban J connectivity index is 1.49. The van der Waals surface area contributed by atoms with Gasteiger partial charge in [0.15, 0.2) is 16.6 Å². The minimum Gasteiger partial charge on any atom is -0.490 e. The number of carbonyl (C=O) groups is 2. The molecule has 0 fully saturated rings. The van der Waals surface area contributed by atoms with E-state index in [-0.39, 0.29) is 0 Å². The van der Waals surface area contributed by atoms with Crippen molar-refractivity contribution >= 4 is 28.3 Å². The maximum atomic E-state index is 12.2. The van der Waals surface area contributed by atoms with Crippen LogP contribution in [0.25, 0.3) is 0 Å². The number of amides is 2. The van der Waals surface area contributed by atoms with Crippen molar-refractivity contribution in [2.75, 3.05) is 38.7 Å². The number of thiazole rings is 1. The molecular weight excluding hydrogens is 404 g/mol. The van der Waals surface area contributed by atoms with E-state index in [0.717, 1.165) is 35.6 Å². The first-order valence-corrected chi connectivity index (χ1v) is 11.0. The molecule has 3 rings (SSSR count). The molecule has 30 heavy (non-hydrogen) atoms. The van der Waals surface area contributed by atoms with E-state index in [9.17, 15) is 9.59 Å². The molecule has 2 N–H and O–H groups in total. The van der Waals surface area contributed by atoms with Crippen LogP contribution < -0.4 is 20.1 Å². The van der Waals surface area contributed by atoms with Gasteiger partial charge in [0.05, 0.1) is 18.9 Å². The second kappa shape index (κ2) is 10.4. The van der Waals surface area contributed by atoms with Crippen LogP contribution in [0.4, 0.5) is 5.13 Å². The molecule has 0 unspecified atom stereocenters. The lowest BCUT2D eigenvalue weighted by Gasteiger charge is -2.20. The number of hydrogen-bond acceptors (Lipinski definition) is 7. The van der Waals surface area contributed by atoms with E-state index in [1.807, 2.05) is 32.0 Å². The summed E-state index contributed by atoms with van der Waals surface area (Å²) in [4.78, 5) is 32.1. The fourth-order valence-corrected chi connectivity index (χ4v) is 4.27. The lowest BCUT2D eigenvalue weighted by molar-refractivity contribution is -0.136. The highest BCUT2D eigenvalue weighted by Gasteiger charge is 2.21. The van der Waals surface area contributed by atoms with Crippen molar-refractivity contribution < 1.29 is 19.1 Å². The number of ether oxygens (including phenoxy) is 2. The summed E-state index contributed by atoms with van der Waals surface area (Å²) < 4.78 is 11.2. The Morgan fingerprint density at radius 3 is 2.70 bits per heavy atom. The van der Waals surface area contributed by atoms with Crippen molar-refractivity contribution in [3.63, 3.8) is 0 Å². The zero-order valence-corrected chi connectivity index (χ0v) is 18.4. The number of nitrogens with zero attached hydrogens (tertiary/aromatic N) is 2. The molecular formula is C21H28N4O4S. The van der Waals surface area contributed by atoms with Gasteiger partial charge in [-0.1, -0.05) is 6.07 Å². The van der Waals surface area contributed by atoms with Gasteiger partial charge in [-0.3, -0.25) is 14.9 Å².